The molecule has 0 saturated carbocycles. The molecular weight excluding hydrogens is 518 g/mol. The van der Waals surface area contributed by atoms with Crippen LogP contribution in [-0.4, -0.2) is 41.1 Å². The average Bonchev–Trinajstić information content (AvgIpc) is 3.54. The van der Waals surface area contributed by atoms with Crippen LogP contribution in [0.4, 0.5) is 0 Å². The van der Waals surface area contributed by atoms with Gasteiger partial charge in [0.25, 0.3) is 5.91 Å². The van der Waals surface area contributed by atoms with Gasteiger partial charge in [-0.25, -0.2) is 4.98 Å². The van der Waals surface area contributed by atoms with E-state index in [1.54, 1.807) is 13.2 Å². The second-order valence-electron chi connectivity index (χ2n) is 9.20. The van der Waals surface area contributed by atoms with Gasteiger partial charge in [-0.3, -0.25) is 4.79 Å². The maximum atomic E-state index is 13.4. The second kappa shape index (κ2) is 13.0. The Hall–Kier alpha value is -3.29. The van der Waals surface area contributed by atoms with Crippen molar-refractivity contribution in [3.8, 4) is 22.9 Å². The predicted octanol–water partition coefficient (Wildman–Crippen LogP) is 7.28. The third-order valence-electron chi connectivity index (χ3n) is 6.58. The molecule has 200 valence electrons. The first-order chi connectivity index (χ1) is 18.4. The Bertz CT molecular complexity index is 1360. The number of para-hydroxylation sites is 1. The van der Waals surface area contributed by atoms with E-state index >= 15 is 0 Å². The summed E-state index contributed by atoms with van der Waals surface area (Å²) in [6, 6.07) is 17.5. The SMILES string of the molecule is CCCCN(C)C(=O)c1cc(-c2csc(COc3ccccc3Cl)n2)n(CCc2ccc(OC)cc2)c1C. The van der Waals surface area contributed by atoms with Crippen molar-refractivity contribution in [1.29, 1.82) is 0 Å². The van der Waals surface area contributed by atoms with Crippen molar-refractivity contribution in [3.63, 3.8) is 0 Å². The van der Waals surface area contributed by atoms with Crippen LogP contribution in [0.15, 0.2) is 60.0 Å². The molecule has 0 aliphatic carbocycles. The molecule has 0 aliphatic rings. The summed E-state index contributed by atoms with van der Waals surface area (Å²) in [5.74, 6) is 1.51. The minimum Gasteiger partial charge on any atom is -0.497 e. The monoisotopic (exact) mass is 551 g/mol. The lowest BCUT2D eigenvalue weighted by Gasteiger charge is -2.17. The molecule has 0 bridgehead atoms. The van der Waals surface area contributed by atoms with Gasteiger partial charge in [-0.15, -0.1) is 11.3 Å². The summed E-state index contributed by atoms with van der Waals surface area (Å²) in [6.07, 6.45) is 2.84. The zero-order valence-corrected chi connectivity index (χ0v) is 23.9. The minimum atomic E-state index is 0.0397. The highest BCUT2D eigenvalue weighted by molar-refractivity contribution is 7.09. The largest absolute Gasteiger partial charge is 0.497 e. The molecule has 2 heterocycles. The molecule has 0 N–H and O–H groups in total. The van der Waals surface area contributed by atoms with Crippen LogP contribution in [0, 0.1) is 6.92 Å². The topological polar surface area (TPSA) is 56.6 Å². The van der Waals surface area contributed by atoms with Crippen molar-refractivity contribution >= 4 is 28.8 Å². The molecule has 4 rings (SSSR count). The number of amides is 1. The highest BCUT2D eigenvalue weighted by Crippen LogP contribution is 2.30. The van der Waals surface area contributed by atoms with Crippen LogP contribution in [0.25, 0.3) is 11.4 Å². The number of carbonyl (C=O) groups excluding carboxylic acids is 1. The van der Waals surface area contributed by atoms with Crippen molar-refractivity contribution in [3.05, 3.63) is 86.8 Å². The Morgan fingerprint density at radius 3 is 2.63 bits per heavy atom. The van der Waals surface area contributed by atoms with E-state index in [1.165, 1.54) is 16.9 Å². The molecule has 0 unspecified atom stereocenters. The highest BCUT2D eigenvalue weighted by Gasteiger charge is 2.22. The number of aromatic nitrogens is 2. The van der Waals surface area contributed by atoms with Crippen molar-refractivity contribution in [2.75, 3.05) is 20.7 Å². The summed E-state index contributed by atoms with van der Waals surface area (Å²) in [6.45, 7) is 5.94. The molecule has 4 aromatic rings. The number of unbranched alkanes of at least 4 members (excludes halogenated alkanes) is 1. The summed E-state index contributed by atoms with van der Waals surface area (Å²) < 4.78 is 13.4. The van der Waals surface area contributed by atoms with Crippen LogP contribution in [-0.2, 0) is 19.6 Å². The van der Waals surface area contributed by atoms with E-state index in [0.29, 0.717) is 17.4 Å². The van der Waals surface area contributed by atoms with Gasteiger partial charge in [0, 0.05) is 31.2 Å². The van der Waals surface area contributed by atoms with Crippen LogP contribution in [0.5, 0.6) is 11.5 Å². The smallest absolute Gasteiger partial charge is 0.255 e. The van der Waals surface area contributed by atoms with E-state index in [2.05, 4.69) is 23.6 Å². The first kappa shape index (κ1) is 27.7. The lowest BCUT2D eigenvalue weighted by molar-refractivity contribution is 0.0792. The van der Waals surface area contributed by atoms with Crippen molar-refractivity contribution < 1.29 is 14.3 Å². The molecular formula is C30H34ClN3O3S. The fourth-order valence-electron chi connectivity index (χ4n) is 4.29. The molecule has 0 radical (unpaired) electrons. The molecule has 6 nitrogen and oxygen atoms in total. The number of halogens is 1. The number of hydrogen-bond donors (Lipinski definition) is 0. The zero-order chi connectivity index (χ0) is 27.1. The van der Waals surface area contributed by atoms with Crippen LogP contribution in [0.2, 0.25) is 5.02 Å². The van der Waals surface area contributed by atoms with E-state index in [4.69, 9.17) is 26.1 Å². The van der Waals surface area contributed by atoms with Gasteiger partial charge in [-0.05, 0) is 55.7 Å². The Morgan fingerprint density at radius 2 is 1.92 bits per heavy atom. The molecule has 0 fully saturated rings. The molecule has 2 aromatic heterocycles. The molecule has 0 saturated heterocycles. The lowest BCUT2D eigenvalue weighted by atomic mass is 10.1. The van der Waals surface area contributed by atoms with Crippen molar-refractivity contribution in [2.24, 2.45) is 0 Å². The number of aryl methyl sites for hydroxylation is 1. The summed E-state index contributed by atoms with van der Waals surface area (Å²) in [4.78, 5) is 20.0. The summed E-state index contributed by atoms with van der Waals surface area (Å²) >= 11 is 7.77. The maximum Gasteiger partial charge on any atom is 0.255 e. The number of rotatable bonds is 12. The molecule has 0 aliphatic heterocycles. The number of thiazole rings is 1. The molecule has 8 heteroatoms. The number of carbonyl (C=O) groups is 1. The van der Waals surface area contributed by atoms with Gasteiger partial charge in [0.05, 0.1) is 29.1 Å². The van der Waals surface area contributed by atoms with E-state index in [-0.39, 0.29) is 5.91 Å². The minimum absolute atomic E-state index is 0.0397. The number of methoxy groups -OCH3 is 1. The zero-order valence-electron chi connectivity index (χ0n) is 22.4. The van der Waals surface area contributed by atoms with E-state index in [9.17, 15) is 4.79 Å². The van der Waals surface area contributed by atoms with Crippen molar-refractivity contribution in [1.82, 2.24) is 14.5 Å². The summed E-state index contributed by atoms with van der Waals surface area (Å²) in [5, 5.41) is 3.44. The Kier molecular flexibility index (Phi) is 9.48. The molecule has 1 amide bonds. The fraction of sp³-hybridized carbons (Fsp3) is 0.333. The fourth-order valence-corrected chi connectivity index (χ4v) is 5.18. The van der Waals surface area contributed by atoms with E-state index in [1.807, 2.05) is 60.6 Å². The van der Waals surface area contributed by atoms with Gasteiger partial charge in [0.2, 0.25) is 0 Å². The van der Waals surface area contributed by atoms with Gasteiger partial charge >= 0.3 is 0 Å². The van der Waals surface area contributed by atoms with Gasteiger partial charge < -0.3 is 18.9 Å². The van der Waals surface area contributed by atoms with Crippen LogP contribution in [0.1, 0.15) is 46.4 Å². The number of benzene rings is 2. The Labute approximate surface area is 233 Å². The van der Waals surface area contributed by atoms with Crippen LogP contribution < -0.4 is 9.47 Å². The quantitative estimate of drug-likeness (QED) is 0.186. The average molecular weight is 552 g/mol. The van der Waals surface area contributed by atoms with Crippen molar-refractivity contribution in [2.45, 2.75) is 46.3 Å². The summed E-state index contributed by atoms with van der Waals surface area (Å²) in [7, 11) is 3.54. The number of nitrogens with zero attached hydrogens (tertiary/aromatic N) is 3. The lowest BCUT2D eigenvalue weighted by Crippen LogP contribution is -2.28. The van der Waals surface area contributed by atoms with Gasteiger partial charge in [0.1, 0.15) is 23.1 Å². The van der Waals surface area contributed by atoms with Crippen LogP contribution in [0.3, 0.4) is 0 Å². The molecule has 2 aromatic carbocycles. The van der Waals surface area contributed by atoms with Crippen LogP contribution >= 0.6 is 22.9 Å². The van der Waals surface area contributed by atoms with Gasteiger partial charge in [-0.2, -0.15) is 0 Å². The molecule has 38 heavy (non-hydrogen) atoms. The second-order valence-corrected chi connectivity index (χ2v) is 10.6. The third-order valence-corrected chi connectivity index (χ3v) is 7.71. The first-order valence-electron chi connectivity index (χ1n) is 12.8. The Morgan fingerprint density at radius 1 is 1.16 bits per heavy atom. The third kappa shape index (κ3) is 6.58. The normalized spacial score (nSPS) is 11.0. The highest BCUT2D eigenvalue weighted by atomic mass is 35.5. The summed E-state index contributed by atoms with van der Waals surface area (Å²) in [5.41, 5.74) is 4.63. The first-order valence-corrected chi connectivity index (χ1v) is 14.1. The van der Waals surface area contributed by atoms with E-state index < -0.39 is 0 Å². The number of hydrogen-bond acceptors (Lipinski definition) is 5. The predicted molar refractivity (Wildman–Crippen MR) is 155 cm³/mol. The molecule has 0 spiro atoms. The van der Waals surface area contributed by atoms with Gasteiger partial charge in [0.15, 0.2) is 0 Å². The van der Waals surface area contributed by atoms with E-state index in [0.717, 1.165) is 65.8 Å². The molecule has 0 atom stereocenters. The van der Waals surface area contributed by atoms with Gasteiger partial charge in [-0.1, -0.05) is 49.2 Å². The number of ether oxygens (including phenoxy) is 2. The Balaban J connectivity index is 1.60. The maximum absolute atomic E-state index is 13.4. The standard InChI is InChI=1S/C30H34ClN3O3S/c1-5-6-16-33(3)30(35)24-18-27(34(21(24)2)17-15-22-11-13-23(36-4)14-12-22)26-20-38-29(32-26)19-37-28-10-8-7-9-25(28)31/h7-14,18,20H,5-6,15-17,19H2,1-4H3.